The van der Waals surface area contributed by atoms with E-state index in [1.165, 1.54) is 17.4 Å². The van der Waals surface area contributed by atoms with Crippen LogP contribution in [0.5, 0.6) is 0 Å². The summed E-state index contributed by atoms with van der Waals surface area (Å²) < 4.78 is 9.75. The lowest BCUT2D eigenvalue weighted by molar-refractivity contribution is -0.384. The molecule has 28 heavy (non-hydrogen) atoms. The minimum Gasteiger partial charge on any atom is -0.465 e. The highest BCUT2D eigenvalue weighted by atomic mass is 32.1. The van der Waals surface area contributed by atoms with Crippen molar-refractivity contribution in [2.75, 3.05) is 7.11 Å². The van der Waals surface area contributed by atoms with Gasteiger partial charge in [-0.3, -0.25) is 10.1 Å². The van der Waals surface area contributed by atoms with Crippen LogP contribution in [0.3, 0.4) is 0 Å². The van der Waals surface area contributed by atoms with Gasteiger partial charge in [-0.2, -0.15) is 0 Å². The number of ether oxygens (including phenoxy) is 2. The van der Waals surface area contributed by atoms with E-state index in [0.29, 0.717) is 5.69 Å². The molecule has 0 aliphatic carbocycles. The van der Waals surface area contributed by atoms with E-state index in [1.807, 2.05) is 30.3 Å². The first-order valence-corrected chi connectivity index (χ1v) is 8.90. The lowest BCUT2D eigenvalue weighted by Crippen LogP contribution is -2.09. The van der Waals surface area contributed by atoms with Gasteiger partial charge in [-0.15, -0.1) is 11.3 Å². The summed E-state index contributed by atoms with van der Waals surface area (Å²) in [6, 6.07) is 12.8. The van der Waals surface area contributed by atoms with Crippen LogP contribution in [0.25, 0.3) is 10.6 Å². The molecule has 0 N–H and O–H groups in total. The second-order valence-corrected chi connectivity index (χ2v) is 6.46. The third-order valence-corrected chi connectivity index (χ3v) is 4.65. The quantitative estimate of drug-likeness (QED) is 0.352. The number of nitro benzene ring substituents is 1. The minimum atomic E-state index is -0.803. The Bertz CT molecular complexity index is 1030. The number of non-ortho nitro benzene ring substituents is 1. The van der Waals surface area contributed by atoms with Gasteiger partial charge in [0, 0.05) is 23.1 Å². The molecule has 0 fully saturated rings. The summed E-state index contributed by atoms with van der Waals surface area (Å²) in [5.41, 5.74) is 0.869. The lowest BCUT2D eigenvalue weighted by Gasteiger charge is -2.05. The van der Waals surface area contributed by atoms with Crippen molar-refractivity contribution in [3.05, 3.63) is 80.8 Å². The minimum absolute atomic E-state index is 0.0988. The Balaban J connectivity index is 1.74. The number of nitro groups is 1. The molecule has 1 aromatic heterocycles. The Labute approximate surface area is 163 Å². The Morgan fingerprint density at radius 2 is 1.79 bits per heavy atom. The molecule has 9 heteroatoms. The van der Waals surface area contributed by atoms with Crippen LogP contribution in [-0.4, -0.2) is 29.0 Å². The molecule has 142 valence electrons. The molecule has 0 aliphatic rings. The van der Waals surface area contributed by atoms with Crippen LogP contribution in [0.1, 0.15) is 26.4 Å². The molecule has 8 nitrogen and oxygen atoms in total. The highest BCUT2D eigenvalue weighted by molar-refractivity contribution is 7.13. The largest absolute Gasteiger partial charge is 0.465 e. The Kier molecular flexibility index (Phi) is 5.75. The topological polar surface area (TPSA) is 109 Å². The number of hydrogen-bond acceptors (Lipinski definition) is 8. The van der Waals surface area contributed by atoms with Gasteiger partial charge in [0.2, 0.25) is 0 Å². The molecule has 0 spiro atoms. The van der Waals surface area contributed by atoms with Crippen LogP contribution >= 0.6 is 11.3 Å². The summed E-state index contributed by atoms with van der Waals surface area (Å²) >= 11 is 1.41. The number of aromatic nitrogens is 1. The van der Waals surface area contributed by atoms with Crippen molar-refractivity contribution in [2.45, 2.75) is 6.61 Å². The number of methoxy groups -OCH3 is 1. The van der Waals surface area contributed by atoms with Crippen LogP contribution in [0.15, 0.2) is 53.9 Å². The standard InChI is InChI=1S/C19H14N2O6S/c1-26-18(22)13-7-14(9-16(8-13)21(24)25)19(23)27-10-15-11-28-17(20-15)12-5-3-2-4-6-12/h2-9,11H,10H2,1H3. The first-order valence-electron chi connectivity index (χ1n) is 8.02. The van der Waals surface area contributed by atoms with Crippen molar-refractivity contribution in [3.8, 4) is 10.6 Å². The smallest absolute Gasteiger partial charge is 0.338 e. The van der Waals surface area contributed by atoms with Gasteiger partial charge in [0.15, 0.2) is 0 Å². The molecule has 0 aliphatic heterocycles. The van der Waals surface area contributed by atoms with E-state index in [-0.39, 0.29) is 17.7 Å². The third-order valence-electron chi connectivity index (χ3n) is 3.71. The van der Waals surface area contributed by atoms with Gasteiger partial charge in [0.05, 0.1) is 28.9 Å². The van der Waals surface area contributed by atoms with E-state index in [1.54, 1.807) is 5.38 Å². The summed E-state index contributed by atoms with van der Waals surface area (Å²) in [5, 5.41) is 13.6. The predicted octanol–water partition coefficient (Wildman–Crippen LogP) is 3.86. The van der Waals surface area contributed by atoms with E-state index >= 15 is 0 Å². The molecule has 2 aromatic carbocycles. The molecule has 0 radical (unpaired) electrons. The Morgan fingerprint density at radius 3 is 2.43 bits per heavy atom. The number of esters is 2. The van der Waals surface area contributed by atoms with E-state index in [2.05, 4.69) is 9.72 Å². The molecule has 3 rings (SSSR count). The van der Waals surface area contributed by atoms with Gasteiger partial charge >= 0.3 is 11.9 Å². The molecule has 0 bridgehead atoms. The lowest BCUT2D eigenvalue weighted by atomic mass is 10.1. The normalized spacial score (nSPS) is 10.3. The van der Waals surface area contributed by atoms with Gasteiger partial charge in [-0.05, 0) is 6.07 Å². The van der Waals surface area contributed by atoms with E-state index < -0.39 is 22.5 Å². The fourth-order valence-electron chi connectivity index (χ4n) is 2.38. The SMILES string of the molecule is COC(=O)c1cc(C(=O)OCc2csc(-c3ccccc3)n2)cc([N+](=O)[O-])c1. The van der Waals surface area contributed by atoms with Crippen molar-refractivity contribution < 1.29 is 24.0 Å². The Hall–Kier alpha value is -3.59. The summed E-state index contributed by atoms with van der Waals surface area (Å²) in [4.78, 5) is 38.7. The monoisotopic (exact) mass is 398 g/mol. The van der Waals surface area contributed by atoms with Gasteiger partial charge in [0.25, 0.3) is 5.69 Å². The molecular formula is C19H14N2O6S. The maximum Gasteiger partial charge on any atom is 0.338 e. The molecule has 0 saturated heterocycles. The summed E-state index contributed by atoms with van der Waals surface area (Å²) in [6.07, 6.45) is 0. The van der Waals surface area contributed by atoms with E-state index in [0.717, 1.165) is 29.8 Å². The van der Waals surface area contributed by atoms with Crippen molar-refractivity contribution in [3.63, 3.8) is 0 Å². The average molecular weight is 398 g/mol. The average Bonchev–Trinajstić information content (AvgIpc) is 3.20. The van der Waals surface area contributed by atoms with Crippen LogP contribution in [0.2, 0.25) is 0 Å². The molecular weight excluding hydrogens is 384 g/mol. The van der Waals surface area contributed by atoms with Crippen LogP contribution in [-0.2, 0) is 16.1 Å². The van der Waals surface area contributed by atoms with Gasteiger partial charge < -0.3 is 9.47 Å². The molecule has 1 heterocycles. The van der Waals surface area contributed by atoms with Crippen LogP contribution in [0, 0.1) is 10.1 Å². The number of rotatable bonds is 6. The second-order valence-electron chi connectivity index (χ2n) is 5.60. The summed E-state index contributed by atoms with van der Waals surface area (Å²) in [7, 11) is 1.14. The number of carbonyl (C=O) groups excluding carboxylic acids is 2. The van der Waals surface area contributed by atoms with Crippen molar-refractivity contribution >= 4 is 29.0 Å². The van der Waals surface area contributed by atoms with Gasteiger partial charge in [-0.1, -0.05) is 30.3 Å². The zero-order valence-corrected chi connectivity index (χ0v) is 15.5. The molecule has 0 saturated carbocycles. The first kappa shape index (κ1) is 19.2. The predicted molar refractivity (Wildman–Crippen MR) is 101 cm³/mol. The number of carbonyl (C=O) groups is 2. The number of benzene rings is 2. The third kappa shape index (κ3) is 4.38. The maximum absolute atomic E-state index is 12.3. The molecule has 3 aromatic rings. The van der Waals surface area contributed by atoms with Crippen molar-refractivity contribution in [1.82, 2.24) is 4.98 Å². The van der Waals surface area contributed by atoms with Crippen LogP contribution < -0.4 is 0 Å². The fourth-order valence-corrected chi connectivity index (χ4v) is 3.19. The van der Waals surface area contributed by atoms with Gasteiger partial charge in [0.1, 0.15) is 11.6 Å². The second kappa shape index (κ2) is 8.40. The maximum atomic E-state index is 12.3. The summed E-state index contributed by atoms with van der Waals surface area (Å²) in [6.45, 7) is -0.0988. The van der Waals surface area contributed by atoms with E-state index in [9.17, 15) is 19.7 Å². The van der Waals surface area contributed by atoms with E-state index in [4.69, 9.17) is 4.74 Å². The highest BCUT2D eigenvalue weighted by Gasteiger charge is 2.19. The van der Waals surface area contributed by atoms with Crippen LogP contribution in [0.4, 0.5) is 5.69 Å². The molecule has 0 atom stereocenters. The van der Waals surface area contributed by atoms with Gasteiger partial charge in [-0.25, -0.2) is 14.6 Å². The Morgan fingerprint density at radius 1 is 1.11 bits per heavy atom. The first-order chi connectivity index (χ1) is 13.5. The fraction of sp³-hybridized carbons (Fsp3) is 0.105. The zero-order valence-electron chi connectivity index (χ0n) is 14.7. The van der Waals surface area contributed by atoms with Crippen molar-refractivity contribution in [1.29, 1.82) is 0 Å². The number of thiazole rings is 1. The molecule has 0 amide bonds. The number of nitrogens with zero attached hydrogens (tertiary/aromatic N) is 2. The zero-order chi connectivity index (χ0) is 20.1. The number of hydrogen-bond donors (Lipinski definition) is 0. The van der Waals surface area contributed by atoms with Crippen molar-refractivity contribution in [2.24, 2.45) is 0 Å². The molecule has 0 unspecified atom stereocenters. The highest BCUT2D eigenvalue weighted by Crippen LogP contribution is 2.24. The summed E-state index contributed by atoms with van der Waals surface area (Å²) in [5.74, 6) is -1.59.